The number of likely N-dealkylation sites (tertiary alicyclic amines) is 1. The van der Waals surface area contributed by atoms with Gasteiger partial charge in [0.1, 0.15) is 5.75 Å². The van der Waals surface area contributed by atoms with E-state index in [2.05, 4.69) is 4.74 Å². The van der Waals surface area contributed by atoms with Gasteiger partial charge in [-0.1, -0.05) is 12.1 Å². The van der Waals surface area contributed by atoms with Crippen molar-refractivity contribution in [1.29, 1.82) is 0 Å². The topological polar surface area (TPSA) is 72.6 Å². The van der Waals surface area contributed by atoms with Gasteiger partial charge in [-0.2, -0.15) is 0 Å². The number of rotatable bonds is 4. The Kier molecular flexibility index (Phi) is 4.92. The number of hydrogen-bond acceptors (Lipinski definition) is 3. The minimum Gasteiger partial charge on any atom is -0.406 e. The molecule has 2 rings (SSSR count). The third kappa shape index (κ3) is 5.01. The van der Waals surface area contributed by atoms with Crippen LogP contribution in [0.5, 0.6) is 5.75 Å². The predicted molar refractivity (Wildman–Crippen MR) is 76.0 cm³/mol. The Hall–Kier alpha value is -2.51. The van der Waals surface area contributed by atoms with Crippen molar-refractivity contribution >= 4 is 17.9 Å². The Morgan fingerprint density at radius 1 is 1.26 bits per heavy atom. The van der Waals surface area contributed by atoms with Crippen LogP contribution < -0.4 is 10.5 Å². The number of benzene rings is 1. The van der Waals surface area contributed by atoms with Gasteiger partial charge < -0.3 is 15.4 Å². The van der Waals surface area contributed by atoms with Gasteiger partial charge in [-0.3, -0.25) is 9.59 Å². The highest BCUT2D eigenvalue weighted by atomic mass is 19.4. The summed E-state index contributed by atoms with van der Waals surface area (Å²) in [6.07, 6.45) is -1.40. The highest BCUT2D eigenvalue weighted by Crippen LogP contribution is 2.23. The van der Waals surface area contributed by atoms with E-state index in [-0.39, 0.29) is 24.1 Å². The third-order valence-corrected chi connectivity index (χ3v) is 3.43. The van der Waals surface area contributed by atoms with Crippen molar-refractivity contribution < 1.29 is 27.5 Å². The zero-order chi connectivity index (χ0) is 17.0. The second kappa shape index (κ2) is 6.72. The first-order chi connectivity index (χ1) is 10.7. The molecule has 0 unspecified atom stereocenters. The Morgan fingerprint density at radius 3 is 2.43 bits per heavy atom. The van der Waals surface area contributed by atoms with Crippen LogP contribution in [0.2, 0.25) is 0 Å². The van der Waals surface area contributed by atoms with Gasteiger partial charge in [0.15, 0.2) is 0 Å². The van der Waals surface area contributed by atoms with Gasteiger partial charge in [0.05, 0.1) is 5.92 Å². The minimum absolute atomic E-state index is 0.274. The normalized spacial score (nSPS) is 18.4. The molecule has 0 bridgehead atoms. The summed E-state index contributed by atoms with van der Waals surface area (Å²) < 4.78 is 39.9. The molecule has 124 valence electrons. The van der Waals surface area contributed by atoms with Crippen molar-refractivity contribution in [1.82, 2.24) is 4.90 Å². The van der Waals surface area contributed by atoms with Crippen LogP contribution in [0.3, 0.4) is 0 Å². The summed E-state index contributed by atoms with van der Waals surface area (Å²) in [5.74, 6) is -1.36. The van der Waals surface area contributed by atoms with Crippen LogP contribution in [0, 0.1) is 5.92 Å². The lowest BCUT2D eigenvalue weighted by molar-refractivity contribution is -0.274. The molecule has 0 aromatic heterocycles. The quantitative estimate of drug-likeness (QED) is 0.859. The molecule has 1 heterocycles. The molecule has 1 aromatic carbocycles. The molecule has 5 nitrogen and oxygen atoms in total. The van der Waals surface area contributed by atoms with E-state index >= 15 is 0 Å². The number of ether oxygens (including phenoxy) is 1. The van der Waals surface area contributed by atoms with Crippen molar-refractivity contribution in [3.63, 3.8) is 0 Å². The van der Waals surface area contributed by atoms with Crippen LogP contribution in [0.4, 0.5) is 13.2 Å². The number of carbonyl (C=O) groups excluding carboxylic acids is 2. The zero-order valence-electron chi connectivity index (χ0n) is 12.0. The van der Waals surface area contributed by atoms with Crippen molar-refractivity contribution in [2.45, 2.75) is 12.8 Å². The van der Waals surface area contributed by atoms with Crippen molar-refractivity contribution in [3.05, 3.63) is 35.9 Å². The van der Waals surface area contributed by atoms with Gasteiger partial charge in [0.25, 0.3) is 0 Å². The zero-order valence-corrected chi connectivity index (χ0v) is 12.0. The van der Waals surface area contributed by atoms with Crippen molar-refractivity contribution in [2.75, 3.05) is 13.1 Å². The highest BCUT2D eigenvalue weighted by molar-refractivity contribution is 5.92. The van der Waals surface area contributed by atoms with Gasteiger partial charge in [-0.05, 0) is 30.2 Å². The summed E-state index contributed by atoms with van der Waals surface area (Å²) >= 11 is 0. The van der Waals surface area contributed by atoms with Crippen LogP contribution in [-0.2, 0) is 9.59 Å². The molecule has 1 aliphatic heterocycles. The number of halogens is 3. The maximum absolute atomic E-state index is 12.0. The third-order valence-electron chi connectivity index (χ3n) is 3.43. The summed E-state index contributed by atoms with van der Waals surface area (Å²) in [6, 6.07) is 5.13. The fraction of sp³-hybridized carbons (Fsp3) is 0.333. The molecule has 1 aliphatic rings. The molecule has 1 aromatic rings. The molecular formula is C15H15F3N2O3. The fourth-order valence-corrected chi connectivity index (χ4v) is 2.25. The lowest BCUT2D eigenvalue weighted by Crippen LogP contribution is -2.30. The molecule has 0 spiro atoms. The SMILES string of the molecule is NC(=O)[C@@H]1CCN(C(=O)/C=C\c2ccc(OC(F)(F)F)cc2)C1. The number of carbonyl (C=O) groups is 2. The molecular weight excluding hydrogens is 313 g/mol. The maximum atomic E-state index is 12.0. The second-order valence-corrected chi connectivity index (χ2v) is 5.12. The first kappa shape index (κ1) is 16.9. The molecule has 1 atom stereocenters. The number of alkyl halides is 3. The molecule has 2 N–H and O–H groups in total. The summed E-state index contributed by atoms with van der Waals surface area (Å²) in [5, 5.41) is 0. The molecule has 2 amide bonds. The van der Waals surface area contributed by atoms with Gasteiger partial charge in [-0.15, -0.1) is 13.2 Å². The summed E-state index contributed by atoms with van der Waals surface area (Å²) in [4.78, 5) is 24.5. The molecule has 0 radical (unpaired) electrons. The van der Waals surface area contributed by atoms with Gasteiger partial charge in [0, 0.05) is 19.2 Å². The maximum Gasteiger partial charge on any atom is 0.573 e. The number of hydrogen-bond donors (Lipinski definition) is 1. The molecule has 0 saturated carbocycles. The van der Waals surface area contributed by atoms with E-state index < -0.39 is 12.3 Å². The van der Waals surface area contributed by atoms with Crippen LogP contribution in [0.1, 0.15) is 12.0 Å². The Balaban J connectivity index is 1.92. The second-order valence-electron chi connectivity index (χ2n) is 5.12. The van der Waals surface area contributed by atoms with Crippen LogP contribution in [0.25, 0.3) is 6.08 Å². The summed E-state index contributed by atoms with van der Waals surface area (Å²) in [5.41, 5.74) is 5.75. The van der Waals surface area contributed by atoms with Crippen LogP contribution in [-0.4, -0.2) is 36.2 Å². The smallest absolute Gasteiger partial charge is 0.406 e. The van der Waals surface area contributed by atoms with Gasteiger partial charge in [0.2, 0.25) is 11.8 Å². The Labute approximate surface area is 130 Å². The Morgan fingerprint density at radius 2 is 1.91 bits per heavy atom. The average molecular weight is 328 g/mol. The number of nitrogens with two attached hydrogens (primary N) is 1. The number of nitrogens with zero attached hydrogens (tertiary/aromatic N) is 1. The van der Waals surface area contributed by atoms with E-state index in [1.807, 2.05) is 0 Å². The first-order valence-electron chi connectivity index (χ1n) is 6.87. The lowest BCUT2D eigenvalue weighted by Gasteiger charge is -2.13. The minimum atomic E-state index is -4.74. The van der Waals surface area contributed by atoms with E-state index in [1.165, 1.54) is 29.2 Å². The molecule has 1 saturated heterocycles. The largest absolute Gasteiger partial charge is 0.573 e. The monoisotopic (exact) mass is 328 g/mol. The van der Waals surface area contributed by atoms with Gasteiger partial charge >= 0.3 is 6.36 Å². The van der Waals surface area contributed by atoms with E-state index in [0.29, 0.717) is 18.5 Å². The molecule has 1 fully saturated rings. The number of primary amides is 1. The first-order valence-corrected chi connectivity index (χ1v) is 6.87. The average Bonchev–Trinajstić information content (AvgIpc) is 2.94. The fourth-order valence-electron chi connectivity index (χ4n) is 2.25. The van der Waals surface area contributed by atoms with Crippen LogP contribution in [0.15, 0.2) is 30.3 Å². The van der Waals surface area contributed by atoms with E-state index in [4.69, 9.17) is 5.73 Å². The van der Waals surface area contributed by atoms with Gasteiger partial charge in [-0.25, -0.2) is 0 Å². The van der Waals surface area contributed by atoms with Crippen molar-refractivity contribution in [3.8, 4) is 5.75 Å². The van der Waals surface area contributed by atoms with E-state index in [1.54, 1.807) is 0 Å². The van der Waals surface area contributed by atoms with Crippen LogP contribution >= 0.6 is 0 Å². The molecule has 23 heavy (non-hydrogen) atoms. The van der Waals surface area contributed by atoms with Crippen molar-refractivity contribution in [2.24, 2.45) is 11.7 Å². The molecule has 8 heteroatoms. The lowest BCUT2D eigenvalue weighted by atomic mass is 10.1. The van der Waals surface area contributed by atoms with E-state index in [0.717, 1.165) is 12.1 Å². The Bertz CT molecular complexity index is 611. The standard InChI is InChI=1S/C15H15F3N2O3/c16-15(17,18)23-12-4-1-10(2-5-12)3-6-13(21)20-8-7-11(9-20)14(19)22/h1-6,11H,7-9H2,(H2,19,22)/b6-3-/t11-/m1/s1. The summed E-state index contributed by atoms with van der Waals surface area (Å²) in [6.45, 7) is 0.742. The summed E-state index contributed by atoms with van der Waals surface area (Å²) in [7, 11) is 0. The predicted octanol–water partition coefficient (Wildman–Crippen LogP) is 1.93. The number of amides is 2. The highest BCUT2D eigenvalue weighted by Gasteiger charge is 2.31. The molecule has 0 aliphatic carbocycles. The van der Waals surface area contributed by atoms with E-state index in [9.17, 15) is 22.8 Å².